The molecule has 0 fully saturated rings. The molecule has 0 bridgehead atoms. The molecular formula is C14H13AsN2O7. The molecule has 0 heterocycles. The molecule has 126 valence electrons. The van der Waals surface area contributed by atoms with Crippen molar-refractivity contribution in [3.05, 3.63) is 46.5 Å². The number of amides is 1. The van der Waals surface area contributed by atoms with E-state index >= 15 is 0 Å². The average molecular weight is 396 g/mol. The van der Waals surface area contributed by atoms with Gasteiger partial charge in [0, 0.05) is 0 Å². The third kappa shape index (κ3) is 3.48. The van der Waals surface area contributed by atoms with Gasteiger partial charge in [0.25, 0.3) is 0 Å². The van der Waals surface area contributed by atoms with Crippen LogP contribution in [-0.4, -0.2) is 38.3 Å². The Morgan fingerprint density at radius 3 is 2.29 bits per heavy atom. The number of nitrogens with one attached hydrogen (secondary N) is 1. The zero-order valence-corrected chi connectivity index (χ0v) is 14.2. The molecule has 0 saturated carbocycles. The van der Waals surface area contributed by atoms with Crippen LogP contribution in [0.1, 0.15) is 6.92 Å². The van der Waals surface area contributed by atoms with Crippen LogP contribution < -0.4 is 9.67 Å². The third-order valence-corrected chi connectivity index (χ3v) is 5.19. The number of anilines is 1. The van der Waals surface area contributed by atoms with Crippen molar-refractivity contribution in [2.45, 2.75) is 6.92 Å². The van der Waals surface area contributed by atoms with E-state index in [1.807, 2.05) is 0 Å². The Morgan fingerprint density at radius 2 is 1.83 bits per heavy atom. The van der Waals surface area contributed by atoms with Crippen LogP contribution in [0.4, 0.5) is 11.4 Å². The van der Waals surface area contributed by atoms with Gasteiger partial charge in [-0.2, -0.15) is 0 Å². The summed E-state index contributed by atoms with van der Waals surface area (Å²) in [6.45, 7) is 1.05. The summed E-state index contributed by atoms with van der Waals surface area (Å²) < 4.78 is 30.2. The molecule has 1 amide bonds. The molecule has 2 aromatic carbocycles. The number of carbonyl (C=O) groups is 1. The number of benzene rings is 2. The van der Waals surface area contributed by atoms with Crippen molar-refractivity contribution in [2.75, 3.05) is 5.32 Å². The van der Waals surface area contributed by atoms with Crippen molar-refractivity contribution >= 4 is 35.8 Å². The predicted molar refractivity (Wildman–Crippen MR) is 85.0 cm³/mol. The van der Waals surface area contributed by atoms with E-state index in [-0.39, 0.29) is 5.56 Å². The Bertz CT molecular complexity index is 861. The van der Waals surface area contributed by atoms with Gasteiger partial charge in [0.1, 0.15) is 0 Å². The second-order valence-corrected chi connectivity index (χ2v) is 8.16. The second kappa shape index (κ2) is 6.48. The average Bonchev–Trinajstić information content (AvgIpc) is 2.47. The molecule has 4 N–H and O–H groups in total. The zero-order valence-electron chi connectivity index (χ0n) is 12.3. The van der Waals surface area contributed by atoms with Crippen molar-refractivity contribution in [3.63, 3.8) is 0 Å². The van der Waals surface area contributed by atoms with Crippen LogP contribution in [-0.2, 0) is 8.53 Å². The van der Waals surface area contributed by atoms with Gasteiger partial charge in [0.15, 0.2) is 0 Å². The fourth-order valence-electron chi connectivity index (χ4n) is 2.20. The number of hydrogen-bond acceptors (Lipinski definition) is 5. The predicted octanol–water partition coefficient (Wildman–Crippen LogP) is 0.487. The minimum absolute atomic E-state index is 0.160. The molecule has 0 aliphatic heterocycles. The molecule has 0 atom stereocenters. The van der Waals surface area contributed by atoms with Gasteiger partial charge >= 0.3 is 138 Å². The molecule has 10 heteroatoms. The summed E-state index contributed by atoms with van der Waals surface area (Å²) in [5.74, 6) is -1.74. The molecule has 0 aliphatic rings. The molecule has 0 spiro atoms. The quantitative estimate of drug-likeness (QED) is 0.254. The Hall–Kier alpha value is -2.61. The first kappa shape index (κ1) is 17.7. The molecule has 0 aliphatic carbocycles. The molecule has 0 radical (unpaired) electrons. The van der Waals surface area contributed by atoms with Gasteiger partial charge in [-0.25, -0.2) is 0 Å². The maximum absolute atomic E-state index is 11.8. The first-order valence-electron chi connectivity index (χ1n) is 6.56. The van der Waals surface area contributed by atoms with E-state index in [9.17, 15) is 31.9 Å². The Labute approximate surface area is 138 Å². The SMILES string of the molecule is CC(=O)Nc1c([As](=O)(O)O)cc(-c2ccccc2)c([N+](=O)[O-])c1O. The summed E-state index contributed by atoms with van der Waals surface area (Å²) in [5.41, 5.74) is -1.27. The minimum atomic E-state index is -5.62. The first-order chi connectivity index (χ1) is 11.1. The number of hydrogen-bond donors (Lipinski definition) is 4. The third-order valence-electron chi connectivity index (χ3n) is 3.14. The summed E-state index contributed by atoms with van der Waals surface area (Å²) in [6.07, 6.45) is 0. The molecule has 2 rings (SSSR count). The first-order valence-corrected chi connectivity index (χ1v) is 9.94. The van der Waals surface area contributed by atoms with Crippen molar-refractivity contribution < 1.29 is 26.8 Å². The molecule has 0 unspecified atom stereocenters. The number of nitro benzene ring substituents is 1. The van der Waals surface area contributed by atoms with E-state index in [1.54, 1.807) is 18.2 Å². The van der Waals surface area contributed by atoms with Crippen molar-refractivity contribution in [1.82, 2.24) is 0 Å². The van der Waals surface area contributed by atoms with Gasteiger partial charge in [-0.3, -0.25) is 0 Å². The van der Waals surface area contributed by atoms with E-state index in [4.69, 9.17) is 0 Å². The standard InChI is InChI=1S/C14H13AsN2O7/c1-8(18)16-12-11(15(20,21)22)7-10(9-5-3-2-4-6-9)13(14(12)19)17(23)24/h2-7,19H,1H3,(H,16,18)(H2,20,21,22). The van der Waals surface area contributed by atoms with E-state index < -0.39 is 46.5 Å². The zero-order chi connectivity index (χ0) is 18.1. The van der Waals surface area contributed by atoms with Crippen LogP contribution >= 0.6 is 0 Å². The van der Waals surface area contributed by atoms with Gasteiger partial charge < -0.3 is 0 Å². The normalized spacial score (nSPS) is 11.1. The van der Waals surface area contributed by atoms with E-state index in [0.717, 1.165) is 13.0 Å². The second-order valence-electron chi connectivity index (χ2n) is 4.86. The maximum atomic E-state index is 11.8. The topological polar surface area (TPSA) is 150 Å². The van der Waals surface area contributed by atoms with Crippen molar-refractivity contribution in [3.8, 4) is 16.9 Å². The Balaban J connectivity index is 2.91. The van der Waals surface area contributed by atoms with Gasteiger partial charge in [-0.1, -0.05) is 0 Å². The number of nitrogens with zero attached hydrogens (tertiary/aromatic N) is 1. The Kier molecular flexibility index (Phi) is 4.79. The fraction of sp³-hybridized carbons (Fsp3) is 0.0714. The van der Waals surface area contributed by atoms with Crippen LogP contribution in [0.2, 0.25) is 0 Å². The summed E-state index contributed by atoms with van der Waals surface area (Å²) in [7, 11) is 0. The van der Waals surface area contributed by atoms with Crippen LogP contribution in [0.15, 0.2) is 36.4 Å². The number of rotatable bonds is 4. The number of phenols is 1. The van der Waals surface area contributed by atoms with Crippen molar-refractivity contribution in [2.24, 2.45) is 0 Å². The van der Waals surface area contributed by atoms with Gasteiger partial charge in [-0.05, 0) is 0 Å². The van der Waals surface area contributed by atoms with Crippen LogP contribution in [0.3, 0.4) is 0 Å². The summed E-state index contributed by atoms with van der Waals surface area (Å²) >= 11 is -5.62. The van der Waals surface area contributed by atoms with Crippen molar-refractivity contribution in [1.29, 1.82) is 0 Å². The number of phenolic OH excluding ortho intramolecular Hbond substituents is 1. The molecule has 0 saturated heterocycles. The monoisotopic (exact) mass is 396 g/mol. The van der Waals surface area contributed by atoms with Gasteiger partial charge in [0.05, 0.1) is 0 Å². The summed E-state index contributed by atoms with van der Waals surface area (Å²) in [6, 6.07) is 8.75. The Morgan fingerprint density at radius 1 is 1.25 bits per heavy atom. The van der Waals surface area contributed by atoms with Gasteiger partial charge in [0.2, 0.25) is 0 Å². The van der Waals surface area contributed by atoms with Crippen LogP contribution in [0.5, 0.6) is 5.75 Å². The fourth-order valence-corrected chi connectivity index (χ4v) is 3.77. The summed E-state index contributed by atoms with van der Waals surface area (Å²) in [4.78, 5) is 21.7. The molecule has 9 nitrogen and oxygen atoms in total. The number of carbonyl (C=O) groups excluding carboxylic acids is 1. The van der Waals surface area contributed by atoms with E-state index in [2.05, 4.69) is 5.32 Å². The number of nitro groups is 1. The molecule has 0 aromatic heterocycles. The molecular weight excluding hydrogens is 383 g/mol. The molecule has 2 aromatic rings. The van der Waals surface area contributed by atoms with E-state index in [1.165, 1.54) is 12.1 Å². The van der Waals surface area contributed by atoms with Crippen LogP contribution in [0.25, 0.3) is 11.1 Å². The summed E-state index contributed by atoms with van der Waals surface area (Å²) in [5, 5.41) is 23.6. The molecule has 24 heavy (non-hydrogen) atoms. The number of aromatic hydroxyl groups is 1. The van der Waals surface area contributed by atoms with Crippen LogP contribution in [0, 0.1) is 10.1 Å². The van der Waals surface area contributed by atoms with Gasteiger partial charge in [-0.15, -0.1) is 0 Å². The van der Waals surface area contributed by atoms with E-state index in [0.29, 0.717) is 5.56 Å².